The van der Waals surface area contributed by atoms with Crippen LogP contribution in [0.15, 0.2) is 100 Å². The standard InChI is InChI=1S/C30H25NO3/c1-20-8-6-12-23(16-20)30-27(17-24-13-7-9-21(2)31-24)29(32)26-15-14-25(18-28(26)34-30)33-19-22-10-4-3-5-11-22/h3-16,18H,17,19H2,1-2H3. The molecule has 0 fully saturated rings. The van der Waals surface area contributed by atoms with Gasteiger partial charge in [-0.25, -0.2) is 0 Å². The molecule has 4 heteroatoms. The lowest BCUT2D eigenvalue weighted by Crippen LogP contribution is -2.13. The van der Waals surface area contributed by atoms with Crippen LogP contribution in [-0.2, 0) is 13.0 Å². The van der Waals surface area contributed by atoms with E-state index in [0.717, 1.165) is 28.1 Å². The molecule has 5 aromatic rings. The van der Waals surface area contributed by atoms with Crippen molar-refractivity contribution in [1.29, 1.82) is 0 Å². The van der Waals surface area contributed by atoms with E-state index in [0.29, 0.717) is 41.1 Å². The van der Waals surface area contributed by atoms with Crippen molar-refractivity contribution in [2.45, 2.75) is 26.9 Å². The van der Waals surface area contributed by atoms with Crippen LogP contribution in [0.4, 0.5) is 0 Å². The van der Waals surface area contributed by atoms with Crippen molar-refractivity contribution in [3.8, 4) is 17.1 Å². The summed E-state index contributed by atoms with van der Waals surface area (Å²) in [5.74, 6) is 1.23. The molecule has 168 valence electrons. The molecule has 0 saturated heterocycles. The van der Waals surface area contributed by atoms with E-state index in [2.05, 4.69) is 4.98 Å². The Bertz CT molecular complexity index is 1520. The Morgan fingerprint density at radius 1 is 0.853 bits per heavy atom. The second-order valence-corrected chi connectivity index (χ2v) is 8.49. The van der Waals surface area contributed by atoms with E-state index >= 15 is 0 Å². The summed E-state index contributed by atoms with van der Waals surface area (Å²) in [5.41, 5.74) is 5.86. The van der Waals surface area contributed by atoms with Gasteiger partial charge in [0.15, 0.2) is 5.43 Å². The maximum Gasteiger partial charge on any atom is 0.196 e. The van der Waals surface area contributed by atoms with Crippen molar-refractivity contribution in [3.05, 3.63) is 129 Å². The number of nitrogens with zero attached hydrogens (tertiary/aromatic N) is 1. The molecule has 0 aliphatic carbocycles. The number of ether oxygens (including phenoxy) is 1. The molecule has 3 aromatic carbocycles. The minimum atomic E-state index is -0.0457. The highest BCUT2D eigenvalue weighted by atomic mass is 16.5. The maximum absolute atomic E-state index is 13.7. The lowest BCUT2D eigenvalue weighted by Gasteiger charge is -2.12. The summed E-state index contributed by atoms with van der Waals surface area (Å²) in [5, 5.41) is 0.533. The zero-order chi connectivity index (χ0) is 23.5. The third-order valence-electron chi connectivity index (χ3n) is 5.79. The number of hydrogen-bond donors (Lipinski definition) is 0. The number of pyridine rings is 1. The Kier molecular flexibility index (Phi) is 5.96. The van der Waals surface area contributed by atoms with Crippen molar-refractivity contribution in [1.82, 2.24) is 4.98 Å². The number of aromatic nitrogens is 1. The molecule has 0 aliphatic rings. The third kappa shape index (κ3) is 4.62. The lowest BCUT2D eigenvalue weighted by atomic mass is 9.99. The van der Waals surface area contributed by atoms with Crippen molar-refractivity contribution < 1.29 is 9.15 Å². The van der Waals surface area contributed by atoms with Gasteiger partial charge >= 0.3 is 0 Å². The average molecular weight is 448 g/mol. The van der Waals surface area contributed by atoms with Gasteiger partial charge < -0.3 is 9.15 Å². The first-order chi connectivity index (χ1) is 16.6. The van der Waals surface area contributed by atoms with Crippen molar-refractivity contribution in [2.75, 3.05) is 0 Å². The summed E-state index contributed by atoms with van der Waals surface area (Å²) in [4.78, 5) is 18.3. The summed E-state index contributed by atoms with van der Waals surface area (Å²) in [6, 6.07) is 29.2. The average Bonchev–Trinajstić information content (AvgIpc) is 2.85. The van der Waals surface area contributed by atoms with Gasteiger partial charge in [-0.1, -0.05) is 60.2 Å². The summed E-state index contributed by atoms with van der Waals surface area (Å²) >= 11 is 0. The summed E-state index contributed by atoms with van der Waals surface area (Å²) in [6.45, 7) is 4.42. The number of rotatable bonds is 6. The van der Waals surface area contributed by atoms with Crippen LogP contribution in [-0.4, -0.2) is 4.98 Å². The zero-order valence-electron chi connectivity index (χ0n) is 19.2. The molecule has 5 rings (SSSR count). The SMILES string of the molecule is Cc1cccc(-c2oc3cc(OCc4ccccc4)ccc3c(=O)c2Cc2cccc(C)n2)c1. The molecule has 4 nitrogen and oxygen atoms in total. The van der Waals surface area contributed by atoms with E-state index in [1.165, 1.54) is 0 Å². The molecule has 0 spiro atoms. The summed E-state index contributed by atoms with van der Waals surface area (Å²) in [6.07, 6.45) is 0.398. The van der Waals surface area contributed by atoms with Crippen LogP contribution >= 0.6 is 0 Å². The first-order valence-corrected chi connectivity index (χ1v) is 11.3. The topological polar surface area (TPSA) is 52.3 Å². The Morgan fingerprint density at radius 3 is 2.47 bits per heavy atom. The predicted molar refractivity (Wildman–Crippen MR) is 135 cm³/mol. The van der Waals surface area contributed by atoms with Gasteiger partial charge in [0.1, 0.15) is 23.7 Å². The third-order valence-corrected chi connectivity index (χ3v) is 5.79. The van der Waals surface area contributed by atoms with Gasteiger partial charge in [0.25, 0.3) is 0 Å². The van der Waals surface area contributed by atoms with Gasteiger partial charge in [-0.05, 0) is 49.7 Å². The Hall–Kier alpha value is -4.18. The van der Waals surface area contributed by atoms with Gasteiger partial charge in [-0.2, -0.15) is 0 Å². The van der Waals surface area contributed by atoms with E-state index in [1.54, 1.807) is 12.1 Å². The van der Waals surface area contributed by atoms with Crippen LogP contribution in [0.3, 0.4) is 0 Å². The normalized spacial score (nSPS) is 11.0. The molecule has 0 saturated carbocycles. The minimum Gasteiger partial charge on any atom is -0.489 e. The molecule has 0 unspecified atom stereocenters. The Labute approximate surface area is 198 Å². The van der Waals surface area contributed by atoms with E-state index in [-0.39, 0.29) is 5.43 Å². The number of hydrogen-bond acceptors (Lipinski definition) is 4. The first-order valence-electron chi connectivity index (χ1n) is 11.3. The fourth-order valence-corrected chi connectivity index (χ4v) is 4.10. The van der Waals surface area contributed by atoms with Gasteiger partial charge in [0, 0.05) is 35.0 Å². The van der Waals surface area contributed by atoms with Crippen molar-refractivity contribution >= 4 is 11.0 Å². The molecule has 0 bridgehead atoms. The molecule has 0 amide bonds. The smallest absolute Gasteiger partial charge is 0.196 e. The van der Waals surface area contributed by atoms with Gasteiger partial charge in [-0.15, -0.1) is 0 Å². The molecular formula is C30H25NO3. The summed E-state index contributed by atoms with van der Waals surface area (Å²) < 4.78 is 12.4. The number of benzene rings is 3. The Balaban J connectivity index is 1.60. The molecule has 2 heterocycles. The first kappa shape index (κ1) is 21.7. The van der Waals surface area contributed by atoms with Gasteiger partial charge in [-0.3, -0.25) is 9.78 Å². The van der Waals surface area contributed by atoms with E-state index < -0.39 is 0 Å². The highest BCUT2D eigenvalue weighted by molar-refractivity contribution is 5.82. The zero-order valence-corrected chi connectivity index (χ0v) is 19.2. The fourth-order valence-electron chi connectivity index (χ4n) is 4.10. The van der Waals surface area contributed by atoms with Gasteiger partial charge in [0.2, 0.25) is 0 Å². The van der Waals surface area contributed by atoms with Crippen molar-refractivity contribution in [3.63, 3.8) is 0 Å². The number of fused-ring (bicyclic) bond motifs is 1. The Morgan fingerprint density at radius 2 is 1.68 bits per heavy atom. The largest absolute Gasteiger partial charge is 0.489 e. The highest BCUT2D eigenvalue weighted by Gasteiger charge is 2.18. The fraction of sp³-hybridized carbons (Fsp3) is 0.133. The van der Waals surface area contributed by atoms with E-state index in [4.69, 9.17) is 9.15 Å². The monoisotopic (exact) mass is 447 g/mol. The molecule has 0 atom stereocenters. The predicted octanol–water partition coefficient (Wildman–Crippen LogP) is 6.64. The number of aryl methyl sites for hydroxylation is 2. The van der Waals surface area contributed by atoms with Crippen molar-refractivity contribution in [2.24, 2.45) is 0 Å². The molecule has 0 radical (unpaired) electrons. The molecule has 2 aromatic heterocycles. The minimum absolute atomic E-state index is 0.0457. The van der Waals surface area contributed by atoms with Crippen LogP contribution < -0.4 is 10.2 Å². The van der Waals surface area contributed by atoms with Crippen LogP contribution in [0.5, 0.6) is 5.75 Å². The maximum atomic E-state index is 13.7. The molecule has 34 heavy (non-hydrogen) atoms. The van der Waals surface area contributed by atoms with Crippen LogP contribution in [0.25, 0.3) is 22.3 Å². The second kappa shape index (κ2) is 9.36. The van der Waals surface area contributed by atoms with Gasteiger partial charge in [0.05, 0.1) is 5.39 Å². The molecule has 0 aliphatic heterocycles. The van der Waals surface area contributed by atoms with E-state index in [1.807, 2.05) is 92.7 Å². The second-order valence-electron chi connectivity index (χ2n) is 8.49. The van der Waals surface area contributed by atoms with Crippen LogP contribution in [0.1, 0.15) is 28.1 Å². The quantitative estimate of drug-likeness (QED) is 0.293. The van der Waals surface area contributed by atoms with Crippen LogP contribution in [0.2, 0.25) is 0 Å². The van der Waals surface area contributed by atoms with E-state index in [9.17, 15) is 4.79 Å². The molecular weight excluding hydrogens is 422 g/mol. The molecule has 0 N–H and O–H groups in total. The summed E-state index contributed by atoms with van der Waals surface area (Å²) in [7, 11) is 0. The van der Waals surface area contributed by atoms with Crippen LogP contribution in [0, 0.1) is 13.8 Å². The highest BCUT2D eigenvalue weighted by Crippen LogP contribution is 2.30. The lowest BCUT2D eigenvalue weighted by molar-refractivity contribution is 0.306.